The average molecular weight is 299 g/mol. The Hall–Kier alpha value is -2.02. The van der Waals surface area contributed by atoms with Crippen LogP contribution in [0.3, 0.4) is 0 Å². The van der Waals surface area contributed by atoms with Gasteiger partial charge in [-0.15, -0.1) is 0 Å². The second-order valence-electron chi connectivity index (χ2n) is 4.98. The standard InChI is InChI=1S/C14H15F2NO4/c15-10-3-1-2-9(11(10)16)12(18)17-8-14(13(19)20)4-6-21-7-5-14/h1-3H,4-8H2,(H,17,18)(H,19,20). The number of rotatable bonds is 4. The van der Waals surface area contributed by atoms with Crippen molar-refractivity contribution in [1.82, 2.24) is 5.32 Å². The molecule has 1 amide bonds. The summed E-state index contributed by atoms with van der Waals surface area (Å²) in [6.45, 7) is 0.424. The normalized spacial score (nSPS) is 17.2. The Bertz CT molecular complexity index is 556. The minimum Gasteiger partial charge on any atom is -0.481 e. The Balaban J connectivity index is 2.09. The van der Waals surface area contributed by atoms with Gasteiger partial charge in [0, 0.05) is 19.8 Å². The molecule has 2 rings (SSSR count). The number of benzene rings is 1. The summed E-state index contributed by atoms with van der Waals surface area (Å²) < 4.78 is 31.7. The van der Waals surface area contributed by atoms with E-state index in [-0.39, 0.29) is 32.6 Å². The van der Waals surface area contributed by atoms with E-state index in [0.717, 1.165) is 12.1 Å². The molecule has 0 bridgehead atoms. The number of nitrogens with one attached hydrogen (secondary N) is 1. The van der Waals surface area contributed by atoms with Gasteiger partial charge in [0.2, 0.25) is 0 Å². The number of carboxylic acid groups (broad SMARTS) is 1. The molecule has 0 spiro atoms. The molecule has 0 aliphatic carbocycles. The van der Waals surface area contributed by atoms with Crippen molar-refractivity contribution in [2.24, 2.45) is 5.41 Å². The number of aliphatic carboxylic acids is 1. The lowest BCUT2D eigenvalue weighted by molar-refractivity contribution is -0.154. The van der Waals surface area contributed by atoms with E-state index in [9.17, 15) is 23.5 Å². The largest absolute Gasteiger partial charge is 0.481 e. The SMILES string of the molecule is O=C(NCC1(C(=O)O)CCOCC1)c1cccc(F)c1F. The third kappa shape index (κ3) is 3.18. The number of hydrogen-bond donors (Lipinski definition) is 2. The third-order valence-corrected chi connectivity index (χ3v) is 3.69. The molecular weight excluding hydrogens is 284 g/mol. The van der Waals surface area contributed by atoms with Crippen molar-refractivity contribution in [3.05, 3.63) is 35.4 Å². The molecule has 2 N–H and O–H groups in total. The first-order valence-electron chi connectivity index (χ1n) is 6.50. The molecule has 0 saturated carbocycles. The molecule has 1 aliphatic rings. The molecular formula is C14H15F2NO4. The van der Waals surface area contributed by atoms with Gasteiger partial charge in [-0.05, 0) is 25.0 Å². The maximum absolute atomic E-state index is 13.5. The summed E-state index contributed by atoms with van der Waals surface area (Å²) in [4.78, 5) is 23.3. The van der Waals surface area contributed by atoms with Crippen molar-refractivity contribution in [3.8, 4) is 0 Å². The maximum atomic E-state index is 13.5. The van der Waals surface area contributed by atoms with Gasteiger partial charge in [-0.25, -0.2) is 8.78 Å². The molecule has 1 saturated heterocycles. The highest BCUT2D eigenvalue weighted by Gasteiger charge is 2.40. The van der Waals surface area contributed by atoms with Crippen LogP contribution in [0.15, 0.2) is 18.2 Å². The van der Waals surface area contributed by atoms with E-state index in [4.69, 9.17) is 4.74 Å². The van der Waals surface area contributed by atoms with E-state index in [1.54, 1.807) is 0 Å². The molecule has 114 valence electrons. The molecule has 0 aromatic heterocycles. The van der Waals surface area contributed by atoms with Gasteiger partial charge in [0.1, 0.15) is 0 Å². The van der Waals surface area contributed by atoms with Crippen molar-refractivity contribution in [1.29, 1.82) is 0 Å². The van der Waals surface area contributed by atoms with Gasteiger partial charge in [0.25, 0.3) is 5.91 Å². The Morgan fingerprint density at radius 1 is 1.29 bits per heavy atom. The molecule has 5 nitrogen and oxygen atoms in total. The minimum absolute atomic E-state index is 0.152. The van der Waals surface area contributed by atoms with E-state index in [1.165, 1.54) is 6.07 Å². The zero-order valence-electron chi connectivity index (χ0n) is 11.2. The van der Waals surface area contributed by atoms with Gasteiger partial charge >= 0.3 is 5.97 Å². The summed E-state index contributed by atoms with van der Waals surface area (Å²) in [5.41, 5.74) is -1.57. The van der Waals surface area contributed by atoms with Crippen molar-refractivity contribution < 1.29 is 28.2 Å². The minimum atomic E-state index is -1.24. The third-order valence-electron chi connectivity index (χ3n) is 3.69. The predicted molar refractivity (Wildman–Crippen MR) is 68.8 cm³/mol. The fraction of sp³-hybridized carbons (Fsp3) is 0.429. The molecule has 0 unspecified atom stereocenters. The number of halogens is 2. The maximum Gasteiger partial charge on any atom is 0.311 e. The number of carbonyl (C=O) groups excluding carboxylic acids is 1. The van der Waals surface area contributed by atoms with Crippen LogP contribution in [0.25, 0.3) is 0 Å². The van der Waals surface area contributed by atoms with E-state index in [2.05, 4.69) is 5.32 Å². The van der Waals surface area contributed by atoms with E-state index in [1.807, 2.05) is 0 Å². The predicted octanol–water partition coefficient (Wildman–Crippen LogP) is 1.58. The molecule has 0 atom stereocenters. The van der Waals surface area contributed by atoms with Crippen LogP contribution in [0.1, 0.15) is 23.2 Å². The van der Waals surface area contributed by atoms with Crippen LogP contribution < -0.4 is 5.32 Å². The summed E-state index contributed by atoms with van der Waals surface area (Å²) >= 11 is 0. The monoisotopic (exact) mass is 299 g/mol. The lowest BCUT2D eigenvalue weighted by Crippen LogP contribution is -2.46. The topological polar surface area (TPSA) is 75.6 Å². The van der Waals surface area contributed by atoms with Crippen molar-refractivity contribution in [2.45, 2.75) is 12.8 Å². The number of ether oxygens (including phenoxy) is 1. The molecule has 21 heavy (non-hydrogen) atoms. The summed E-state index contributed by atoms with van der Waals surface area (Å²) in [5, 5.41) is 11.7. The highest BCUT2D eigenvalue weighted by molar-refractivity contribution is 5.94. The Morgan fingerprint density at radius 2 is 1.95 bits per heavy atom. The molecule has 1 aliphatic heterocycles. The highest BCUT2D eigenvalue weighted by Crippen LogP contribution is 2.30. The number of amides is 1. The summed E-state index contributed by atoms with van der Waals surface area (Å²) in [7, 11) is 0. The molecule has 1 aromatic carbocycles. The van der Waals surface area contributed by atoms with Crippen LogP contribution in [0.2, 0.25) is 0 Å². The summed E-state index contributed by atoms with van der Waals surface area (Å²) in [6, 6.07) is 3.27. The van der Waals surface area contributed by atoms with Crippen molar-refractivity contribution >= 4 is 11.9 Å². The van der Waals surface area contributed by atoms with Crippen molar-refractivity contribution in [3.63, 3.8) is 0 Å². The molecule has 1 fully saturated rings. The van der Waals surface area contributed by atoms with Gasteiger partial charge in [-0.1, -0.05) is 6.07 Å². The second kappa shape index (κ2) is 6.17. The second-order valence-corrected chi connectivity index (χ2v) is 4.98. The van der Waals surface area contributed by atoms with Crippen LogP contribution >= 0.6 is 0 Å². The summed E-state index contributed by atoms with van der Waals surface area (Å²) in [5.74, 6) is -4.24. The number of carboxylic acids is 1. The van der Waals surface area contributed by atoms with Crippen molar-refractivity contribution in [2.75, 3.05) is 19.8 Å². The first-order chi connectivity index (χ1) is 9.96. The molecule has 7 heteroatoms. The number of hydrogen-bond acceptors (Lipinski definition) is 3. The number of carbonyl (C=O) groups is 2. The first-order valence-corrected chi connectivity index (χ1v) is 6.50. The molecule has 1 heterocycles. The fourth-order valence-corrected chi connectivity index (χ4v) is 2.25. The zero-order chi connectivity index (χ0) is 15.5. The Kier molecular flexibility index (Phi) is 4.52. The quantitative estimate of drug-likeness (QED) is 0.885. The van der Waals surface area contributed by atoms with Crippen LogP contribution in [-0.2, 0) is 9.53 Å². The Morgan fingerprint density at radius 3 is 2.57 bits per heavy atom. The van der Waals surface area contributed by atoms with Gasteiger partial charge in [0.15, 0.2) is 11.6 Å². The van der Waals surface area contributed by atoms with Gasteiger partial charge in [-0.3, -0.25) is 9.59 Å². The first kappa shape index (κ1) is 15.4. The zero-order valence-corrected chi connectivity index (χ0v) is 11.2. The Labute approximate surface area is 119 Å². The van der Waals surface area contributed by atoms with Gasteiger partial charge < -0.3 is 15.2 Å². The lowest BCUT2D eigenvalue weighted by Gasteiger charge is -2.33. The fourth-order valence-electron chi connectivity index (χ4n) is 2.25. The summed E-state index contributed by atoms with van der Waals surface area (Å²) in [6.07, 6.45) is 0.516. The molecule has 0 radical (unpaired) electrons. The van der Waals surface area contributed by atoms with E-state index < -0.39 is 34.5 Å². The molecule has 1 aromatic rings. The van der Waals surface area contributed by atoms with E-state index in [0.29, 0.717) is 0 Å². The van der Waals surface area contributed by atoms with Crippen LogP contribution in [-0.4, -0.2) is 36.7 Å². The van der Waals surface area contributed by atoms with Crippen LogP contribution in [0.5, 0.6) is 0 Å². The smallest absolute Gasteiger partial charge is 0.311 e. The average Bonchev–Trinajstić information content (AvgIpc) is 2.48. The van der Waals surface area contributed by atoms with Gasteiger partial charge in [0.05, 0.1) is 11.0 Å². The lowest BCUT2D eigenvalue weighted by atomic mass is 9.80. The highest BCUT2D eigenvalue weighted by atomic mass is 19.2. The van der Waals surface area contributed by atoms with Gasteiger partial charge in [-0.2, -0.15) is 0 Å². The van der Waals surface area contributed by atoms with Crippen LogP contribution in [0, 0.1) is 17.0 Å². The van der Waals surface area contributed by atoms with E-state index >= 15 is 0 Å². The van der Waals surface area contributed by atoms with Crippen LogP contribution in [0.4, 0.5) is 8.78 Å².